The molecule has 0 unspecified atom stereocenters. The second-order valence-corrected chi connectivity index (χ2v) is 5.83. The number of barbiturate groups is 1. The molecule has 0 atom stereocenters. The second kappa shape index (κ2) is 6.94. The fourth-order valence-corrected chi connectivity index (χ4v) is 2.85. The van der Waals surface area contributed by atoms with E-state index < -0.39 is 30.4 Å². The number of carbonyl (C=O) groups excluding carboxylic acids is 3. The molecule has 0 aromatic heterocycles. The maximum absolute atomic E-state index is 12.4. The van der Waals surface area contributed by atoms with Crippen molar-refractivity contribution < 1.29 is 29.0 Å². The second-order valence-electron chi connectivity index (χ2n) is 5.83. The number of imide groups is 2. The number of fused-ring (bicyclic) bond motifs is 1. The van der Waals surface area contributed by atoms with E-state index in [1.165, 1.54) is 19.2 Å². The lowest BCUT2D eigenvalue weighted by atomic mass is 10.1. The van der Waals surface area contributed by atoms with Gasteiger partial charge in [0, 0.05) is 13.6 Å². The van der Waals surface area contributed by atoms with Crippen molar-refractivity contribution in [2.24, 2.45) is 0 Å². The molecule has 140 valence electrons. The van der Waals surface area contributed by atoms with Crippen LogP contribution in [-0.2, 0) is 14.4 Å². The molecule has 4 amide bonds. The Bertz CT molecular complexity index is 904. The number of amides is 4. The molecular weight excluding hydrogens is 354 g/mol. The molecule has 1 fully saturated rings. The standard InChI is InChI=1S/C18H17N3O6/c1-3-20-12-6-4-5-7-13(12)27-14(20)9-8-11-16(24)19(2)18(26)21(17(11)25)10-15(22)23/h4-9H,3,10H2,1-2H3,(H,22,23)/b11-8+,14-9-. The van der Waals surface area contributed by atoms with Crippen LogP contribution in [0.1, 0.15) is 6.92 Å². The number of para-hydroxylation sites is 2. The van der Waals surface area contributed by atoms with Gasteiger partial charge in [-0.25, -0.2) is 9.69 Å². The number of urea groups is 1. The van der Waals surface area contributed by atoms with Crippen LogP contribution in [0.3, 0.4) is 0 Å². The Morgan fingerprint density at radius 1 is 1.11 bits per heavy atom. The Kier molecular flexibility index (Phi) is 4.68. The summed E-state index contributed by atoms with van der Waals surface area (Å²) in [6.45, 7) is 1.69. The Morgan fingerprint density at radius 2 is 1.81 bits per heavy atom. The van der Waals surface area contributed by atoms with Crippen molar-refractivity contribution in [3.05, 3.63) is 47.9 Å². The van der Waals surface area contributed by atoms with E-state index in [1.807, 2.05) is 30.0 Å². The topological polar surface area (TPSA) is 107 Å². The SMILES string of the molecule is CCN1/C(=C/C=C2\C(=O)N(C)C(=O)N(CC(=O)O)C2=O)Oc2ccccc21. The molecule has 9 heteroatoms. The minimum Gasteiger partial charge on any atom is -0.480 e. The quantitative estimate of drug-likeness (QED) is 0.625. The number of hydrogen-bond donors (Lipinski definition) is 1. The number of likely N-dealkylation sites (N-methyl/N-ethyl adjacent to an activating group) is 1. The lowest BCUT2D eigenvalue weighted by Crippen LogP contribution is -2.56. The molecule has 1 N–H and O–H groups in total. The van der Waals surface area contributed by atoms with Gasteiger partial charge in [-0.1, -0.05) is 12.1 Å². The van der Waals surface area contributed by atoms with E-state index in [2.05, 4.69) is 0 Å². The van der Waals surface area contributed by atoms with Gasteiger partial charge in [-0.05, 0) is 31.2 Å². The largest absolute Gasteiger partial charge is 0.480 e. The van der Waals surface area contributed by atoms with E-state index in [-0.39, 0.29) is 5.57 Å². The first kappa shape index (κ1) is 18.2. The van der Waals surface area contributed by atoms with Crippen LogP contribution in [0, 0.1) is 0 Å². The van der Waals surface area contributed by atoms with Gasteiger partial charge in [-0.2, -0.15) is 0 Å². The number of rotatable bonds is 4. The summed E-state index contributed by atoms with van der Waals surface area (Å²) in [5, 5.41) is 8.90. The summed E-state index contributed by atoms with van der Waals surface area (Å²) in [4.78, 5) is 50.8. The fraction of sp³-hybridized carbons (Fsp3) is 0.222. The van der Waals surface area contributed by atoms with Gasteiger partial charge in [-0.15, -0.1) is 0 Å². The van der Waals surface area contributed by atoms with E-state index in [4.69, 9.17) is 9.84 Å². The van der Waals surface area contributed by atoms with Crippen LogP contribution in [-0.4, -0.2) is 58.9 Å². The molecule has 27 heavy (non-hydrogen) atoms. The fourth-order valence-electron chi connectivity index (χ4n) is 2.85. The molecule has 9 nitrogen and oxygen atoms in total. The van der Waals surface area contributed by atoms with Gasteiger partial charge in [0.05, 0.1) is 5.69 Å². The number of carboxylic acid groups (broad SMARTS) is 1. The Balaban J connectivity index is 1.94. The van der Waals surface area contributed by atoms with Crippen molar-refractivity contribution in [2.75, 3.05) is 25.0 Å². The normalized spacial score (nSPS) is 19.8. The Labute approximate surface area is 154 Å². The summed E-state index contributed by atoms with van der Waals surface area (Å²) in [5.41, 5.74) is 0.534. The molecule has 2 heterocycles. The zero-order chi connectivity index (χ0) is 19.7. The van der Waals surface area contributed by atoms with Gasteiger partial charge in [0.15, 0.2) is 5.75 Å². The van der Waals surface area contributed by atoms with Crippen molar-refractivity contribution in [1.82, 2.24) is 9.80 Å². The smallest absolute Gasteiger partial charge is 0.334 e. The van der Waals surface area contributed by atoms with E-state index in [1.54, 1.807) is 6.07 Å². The molecule has 1 aromatic carbocycles. The molecule has 0 aliphatic carbocycles. The van der Waals surface area contributed by atoms with E-state index in [0.717, 1.165) is 5.69 Å². The summed E-state index contributed by atoms with van der Waals surface area (Å²) >= 11 is 0. The highest BCUT2D eigenvalue weighted by Gasteiger charge is 2.40. The average Bonchev–Trinajstić information content (AvgIpc) is 3.00. The number of carboxylic acids is 1. The summed E-state index contributed by atoms with van der Waals surface area (Å²) in [6, 6.07) is 6.39. The maximum atomic E-state index is 12.4. The summed E-state index contributed by atoms with van der Waals surface area (Å²) in [5.74, 6) is -2.06. The number of benzene rings is 1. The van der Waals surface area contributed by atoms with E-state index in [0.29, 0.717) is 28.0 Å². The first-order valence-corrected chi connectivity index (χ1v) is 8.17. The molecule has 0 spiro atoms. The third kappa shape index (κ3) is 3.14. The van der Waals surface area contributed by atoms with Crippen LogP contribution in [0.2, 0.25) is 0 Å². The van der Waals surface area contributed by atoms with Crippen LogP contribution < -0.4 is 9.64 Å². The van der Waals surface area contributed by atoms with Gasteiger partial charge < -0.3 is 14.7 Å². The minimum atomic E-state index is -1.36. The lowest BCUT2D eigenvalue weighted by molar-refractivity contribution is -0.144. The van der Waals surface area contributed by atoms with E-state index >= 15 is 0 Å². The van der Waals surface area contributed by atoms with Crippen LogP contribution >= 0.6 is 0 Å². The molecular formula is C18H17N3O6. The van der Waals surface area contributed by atoms with Crippen molar-refractivity contribution in [3.8, 4) is 5.75 Å². The number of hydrogen-bond acceptors (Lipinski definition) is 6. The highest BCUT2D eigenvalue weighted by atomic mass is 16.5. The van der Waals surface area contributed by atoms with Crippen molar-refractivity contribution in [3.63, 3.8) is 0 Å². The molecule has 3 rings (SSSR count). The van der Waals surface area contributed by atoms with Gasteiger partial charge in [0.1, 0.15) is 12.1 Å². The van der Waals surface area contributed by atoms with E-state index in [9.17, 15) is 19.2 Å². The lowest BCUT2D eigenvalue weighted by Gasteiger charge is -2.30. The summed E-state index contributed by atoms with van der Waals surface area (Å²) in [6.07, 6.45) is 2.70. The zero-order valence-electron chi connectivity index (χ0n) is 14.7. The van der Waals surface area contributed by atoms with Crippen LogP contribution in [0.5, 0.6) is 5.75 Å². The highest BCUT2D eigenvalue weighted by molar-refractivity contribution is 6.29. The minimum absolute atomic E-state index is 0.318. The third-order valence-corrected chi connectivity index (χ3v) is 4.17. The van der Waals surface area contributed by atoms with Crippen LogP contribution in [0.15, 0.2) is 47.9 Å². The summed E-state index contributed by atoms with van der Waals surface area (Å²) < 4.78 is 5.74. The van der Waals surface area contributed by atoms with Gasteiger partial charge in [-0.3, -0.25) is 19.3 Å². The molecule has 0 bridgehead atoms. The number of anilines is 1. The first-order valence-electron chi connectivity index (χ1n) is 8.17. The predicted molar refractivity (Wildman–Crippen MR) is 93.8 cm³/mol. The van der Waals surface area contributed by atoms with Crippen molar-refractivity contribution >= 4 is 29.5 Å². The molecule has 1 saturated heterocycles. The molecule has 2 aliphatic heterocycles. The van der Waals surface area contributed by atoms with Gasteiger partial charge in [0.2, 0.25) is 5.88 Å². The van der Waals surface area contributed by atoms with Crippen LogP contribution in [0.25, 0.3) is 0 Å². The average molecular weight is 371 g/mol. The van der Waals surface area contributed by atoms with Gasteiger partial charge >= 0.3 is 12.0 Å². The Morgan fingerprint density at radius 3 is 2.48 bits per heavy atom. The monoisotopic (exact) mass is 371 g/mol. The first-order chi connectivity index (χ1) is 12.8. The van der Waals surface area contributed by atoms with Crippen molar-refractivity contribution in [2.45, 2.75) is 6.92 Å². The number of carbonyl (C=O) groups is 4. The zero-order valence-corrected chi connectivity index (χ0v) is 14.7. The van der Waals surface area contributed by atoms with Crippen LogP contribution in [0.4, 0.5) is 10.5 Å². The number of ether oxygens (including phenoxy) is 1. The molecule has 1 aromatic rings. The Hall–Kier alpha value is -3.62. The molecule has 0 radical (unpaired) electrons. The molecule has 2 aliphatic rings. The molecule has 0 saturated carbocycles. The van der Waals surface area contributed by atoms with Crippen molar-refractivity contribution in [1.29, 1.82) is 0 Å². The highest BCUT2D eigenvalue weighted by Crippen LogP contribution is 2.38. The number of allylic oxidation sites excluding steroid dienone is 2. The number of nitrogens with zero attached hydrogens (tertiary/aromatic N) is 3. The van der Waals surface area contributed by atoms with Gasteiger partial charge in [0.25, 0.3) is 11.8 Å². The summed E-state index contributed by atoms with van der Waals surface area (Å²) in [7, 11) is 1.19. The number of aliphatic carboxylic acids is 1. The maximum Gasteiger partial charge on any atom is 0.334 e. The predicted octanol–water partition coefficient (Wildman–Crippen LogP) is 1.18. The third-order valence-electron chi connectivity index (χ3n) is 4.17.